The molecule has 9 heteroatoms. The van der Waals surface area contributed by atoms with Gasteiger partial charge in [-0.15, -0.1) is 0 Å². The number of amides is 1. The van der Waals surface area contributed by atoms with Gasteiger partial charge >= 0.3 is 0 Å². The first kappa shape index (κ1) is 23.7. The summed E-state index contributed by atoms with van der Waals surface area (Å²) in [5.74, 6) is 1.63. The fourth-order valence-electron chi connectivity index (χ4n) is 3.75. The number of nitrogens with zero attached hydrogens (tertiary/aromatic N) is 1. The second-order valence-electron chi connectivity index (χ2n) is 8.20. The molecule has 0 aromatic heterocycles. The molecular weight excluding hydrogens is 432 g/mol. The third kappa shape index (κ3) is 5.09. The smallest absolute Gasteiger partial charge is 0.241 e. The van der Waals surface area contributed by atoms with Crippen LogP contribution in [0.5, 0.6) is 17.2 Å². The van der Waals surface area contributed by atoms with Crippen LogP contribution < -0.4 is 23.8 Å². The number of hydrogen-bond acceptors (Lipinski definition) is 6. The van der Waals surface area contributed by atoms with Crippen LogP contribution in [-0.4, -0.2) is 41.0 Å². The van der Waals surface area contributed by atoms with E-state index in [-0.39, 0.29) is 25.3 Å². The molecule has 1 aliphatic rings. The summed E-state index contributed by atoms with van der Waals surface area (Å²) in [5.41, 5.74) is 3.32. The molecular formula is C23H30N2O6S. The maximum absolute atomic E-state index is 12.8. The van der Waals surface area contributed by atoms with E-state index in [2.05, 4.69) is 19.2 Å². The zero-order chi connectivity index (χ0) is 23.6. The Hall–Kier alpha value is -2.94. The summed E-state index contributed by atoms with van der Waals surface area (Å²) in [6.45, 7) is 7.72. The molecule has 174 valence electrons. The highest BCUT2D eigenvalue weighted by Crippen LogP contribution is 2.36. The number of methoxy groups -OCH3 is 1. The zero-order valence-corrected chi connectivity index (χ0v) is 20.1. The molecule has 0 bridgehead atoms. The molecule has 1 N–H and O–H groups in total. The second-order valence-corrected chi connectivity index (χ2v) is 10.1. The van der Waals surface area contributed by atoms with E-state index in [1.54, 1.807) is 25.3 Å². The van der Waals surface area contributed by atoms with Crippen LogP contribution in [0.25, 0.3) is 0 Å². The summed E-state index contributed by atoms with van der Waals surface area (Å²) in [6, 6.07) is 8.46. The molecule has 0 aliphatic carbocycles. The zero-order valence-electron chi connectivity index (χ0n) is 19.3. The highest BCUT2D eigenvalue weighted by Gasteiger charge is 2.25. The molecule has 0 saturated carbocycles. The Bertz CT molecular complexity index is 1110. The molecule has 1 heterocycles. The van der Waals surface area contributed by atoms with Crippen LogP contribution >= 0.6 is 0 Å². The number of fused-ring (bicyclic) bond motifs is 1. The van der Waals surface area contributed by atoms with Crippen molar-refractivity contribution in [2.75, 3.05) is 31.0 Å². The molecule has 8 nitrogen and oxygen atoms in total. The van der Waals surface area contributed by atoms with Crippen molar-refractivity contribution in [2.24, 2.45) is 0 Å². The monoisotopic (exact) mass is 462 g/mol. The number of hydrogen-bond donors (Lipinski definition) is 1. The van der Waals surface area contributed by atoms with E-state index < -0.39 is 15.9 Å². The summed E-state index contributed by atoms with van der Waals surface area (Å²) < 4.78 is 42.0. The van der Waals surface area contributed by atoms with Gasteiger partial charge in [0.25, 0.3) is 0 Å². The molecule has 0 fully saturated rings. The van der Waals surface area contributed by atoms with Gasteiger partial charge in [0.2, 0.25) is 22.7 Å². The van der Waals surface area contributed by atoms with Gasteiger partial charge < -0.3 is 19.5 Å². The van der Waals surface area contributed by atoms with Crippen molar-refractivity contribution in [1.82, 2.24) is 5.32 Å². The van der Waals surface area contributed by atoms with E-state index in [9.17, 15) is 13.2 Å². The molecule has 0 saturated heterocycles. The summed E-state index contributed by atoms with van der Waals surface area (Å²) in [6.07, 6.45) is 1.07. The number of anilines is 1. The number of benzene rings is 2. The van der Waals surface area contributed by atoms with E-state index in [1.807, 2.05) is 26.0 Å². The summed E-state index contributed by atoms with van der Waals surface area (Å²) in [4.78, 5) is 12.8. The minimum Gasteiger partial charge on any atom is -0.496 e. The average Bonchev–Trinajstić information content (AvgIpc) is 3.18. The topological polar surface area (TPSA) is 94.2 Å². The summed E-state index contributed by atoms with van der Waals surface area (Å²) in [5, 5.41) is 2.92. The number of rotatable bonds is 8. The van der Waals surface area contributed by atoms with Gasteiger partial charge in [-0.25, -0.2) is 8.42 Å². The lowest BCUT2D eigenvalue weighted by Gasteiger charge is -2.24. The van der Waals surface area contributed by atoms with E-state index in [0.717, 1.165) is 33.0 Å². The standard InChI is InChI=1S/C23H30N2O6S/c1-14(2)18-11-19(15(3)9-21(18)29-5)16(4)24-23(26)12-25(32(6,27)28)17-7-8-20-22(10-17)31-13-30-20/h7-11,14,16H,12-13H2,1-6H3,(H,24,26)/t16-/m0/s1. The molecule has 3 rings (SSSR count). The van der Waals surface area contributed by atoms with Crippen LogP contribution in [0, 0.1) is 6.92 Å². The minimum atomic E-state index is -3.71. The maximum atomic E-state index is 12.8. The quantitative estimate of drug-likeness (QED) is 0.645. The van der Waals surface area contributed by atoms with E-state index in [4.69, 9.17) is 14.2 Å². The van der Waals surface area contributed by atoms with E-state index >= 15 is 0 Å². The minimum absolute atomic E-state index is 0.0786. The number of carbonyl (C=O) groups is 1. The fourth-order valence-corrected chi connectivity index (χ4v) is 4.59. The van der Waals surface area contributed by atoms with Crippen LogP contribution in [0.15, 0.2) is 30.3 Å². The average molecular weight is 463 g/mol. The van der Waals surface area contributed by atoms with E-state index in [1.165, 1.54) is 0 Å². The van der Waals surface area contributed by atoms with E-state index in [0.29, 0.717) is 17.2 Å². The second kappa shape index (κ2) is 9.28. The van der Waals surface area contributed by atoms with Crippen LogP contribution in [0.2, 0.25) is 0 Å². The van der Waals surface area contributed by atoms with Crippen molar-refractivity contribution < 1.29 is 27.4 Å². The van der Waals surface area contributed by atoms with Crippen LogP contribution in [0.3, 0.4) is 0 Å². The number of aryl methyl sites for hydroxylation is 1. The molecule has 2 aromatic rings. The number of ether oxygens (including phenoxy) is 3. The largest absolute Gasteiger partial charge is 0.496 e. The Morgan fingerprint density at radius 1 is 1.12 bits per heavy atom. The Morgan fingerprint density at radius 2 is 1.81 bits per heavy atom. The molecule has 1 amide bonds. The Labute approximate surface area is 189 Å². The fraction of sp³-hybridized carbons (Fsp3) is 0.435. The van der Waals surface area contributed by atoms with Gasteiger partial charge in [0.15, 0.2) is 11.5 Å². The van der Waals surface area contributed by atoms with Crippen molar-refractivity contribution in [3.63, 3.8) is 0 Å². The molecule has 0 spiro atoms. The molecule has 2 aromatic carbocycles. The highest BCUT2D eigenvalue weighted by molar-refractivity contribution is 7.92. The SMILES string of the molecule is COc1cc(C)c([C@H](C)NC(=O)CN(c2ccc3c(c2)OCO3)S(C)(=O)=O)cc1C(C)C. The number of carbonyl (C=O) groups excluding carboxylic acids is 1. The predicted molar refractivity (Wildman–Crippen MR) is 123 cm³/mol. The Morgan fingerprint density at radius 3 is 2.44 bits per heavy atom. The Balaban J connectivity index is 1.80. The number of nitrogens with one attached hydrogen (secondary N) is 1. The van der Waals surface area contributed by atoms with Gasteiger partial charge in [-0.3, -0.25) is 9.10 Å². The summed E-state index contributed by atoms with van der Waals surface area (Å²) >= 11 is 0. The first-order chi connectivity index (χ1) is 15.0. The van der Waals surface area contributed by atoms with Crippen molar-refractivity contribution in [1.29, 1.82) is 0 Å². The summed E-state index contributed by atoms with van der Waals surface area (Å²) in [7, 11) is -2.07. The number of sulfonamides is 1. The van der Waals surface area contributed by atoms with Gasteiger partial charge in [-0.2, -0.15) is 0 Å². The molecule has 1 aliphatic heterocycles. The van der Waals surface area contributed by atoms with Crippen LogP contribution in [-0.2, 0) is 14.8 Å². The highest BCUT2D eigenvalue weighted by atomic mass is 32.2. The third-order valence-corrected chi connectivity index (χ3v) is 6.56. The lowest BCUT2D eigenvalue weighted by molar-refractivity contribution is -0.120. The van der Waals surface area contributed by atoms with Crippen molar-refractivity contribution in [2.45, 2.75) is 39.7 Å². The van der Waals surface area contributed by atoms with Gasteiger partial charge in [-0.1, -0.05) is 13.8 Å². The lowest BCUT2D eigenvalue weighted by atomic mass is 9.93. The first-order valence-corrected chi connectivity index (χ1v) is 12.2. The molecule has 32 heavy (non-hydrogen) atoms. The van der Waals surface area contributed by atoms with Gasteiger partial charge in [0.1, 0.15) is 12.3 Å². The predicted octanol–water partition coefficient (Wildman–Crippen LogP) is 3.50. The normalized spacial score (nSPS) is 13.7. The van der Waals surface area contributed by atoms with Gasteiger partial charge in [-0.05, 0) is 60.7 Å². The molecule has 1 atom stereocenters. The lowest BCUT2D eigenvalue weighted by Crippen LogP contribution is -2.41. The van der Waals surface area contributed by atoms with Crippen LogP contribution in [0.4, 0.5) is 5.69 Å². The third-order valence-electron chi connectivity index (χ3n) is 5.42. The van der Waals surface area contributed by atoms with Crippen molar-refractivity contribution in [3.8, 4) is 17.2 Å². The molecule has 0 unspecified atom stereocenters. The molecule has 0 radical (unpaired) electrons. The Kier molecular flexibility index (Phi) is 6.88. The van der Waals surface area contributed by atoms with Crippen molar-refractivity contribution in [3.05, 3.63) is 47.0 Å². The maximum Gasteiger partial charge on any atom is 0.241 e. The van der Waals surface area contributed by atoms with Gasteiger partial charge in [0.05, 0.1) is 25.1 Å². The first-order valence-electron chi connectivity index (χ1n) is 10.4. The van der Waals surface area contributed by atoms with Crippen molar-refractivity contribution >= 4 is 21.6 Å². The van der Waals surface area contributed by atoms with Crippen LogP contribution in [0.1, 0.15) is 49.4 Å². The van der Waals surface area contributed by atoms with Gasteiger partial charge in [0, 0.05) is 6.07 Å².